The largest absolute Gasteiger partial charge is 0.495 e. The molecule has 1 aromatic carbocycles. The first kappa shape index (κ1) is 16.8. The number of methoxy groups -OCH3 is 1. The molecule has 114 valence electrons. The summed E-state index contributed by atoms with van der Waals surface area (Å²) in [5, 5.41) is 3.59. The maximum atomic E-state index is 5.40. The summed E-state index contributed by atoms with van der Waals surface area (Å²) < 4.78 is 5.40. The molecule has 1 rings (SSSR count). The van der Waals surface area contributed by atoms with Crippen LogP contribution in [-0.2, 0) is 0 Å². The van der Waals surface area contributed by atoms with Gasteiger partial charge in [-0.15, -0.1) is 0 Å². The number of nitrogens with one attached hydrogen (secondary N) is 1. The molecule has 0 radical (unpaired) electrons. The van der Waals surface area contributed by atoms with Crippen LogP contribution in [0.5, 0.6) is 5.75 Å². The number of hydrogen-bond donors (Lipinski definition) is 1. The van der Waals surface area contributed by atoms with Crippen molar-refractivity contribution < 1.29 is 4.74 Å². The van der Waals surface area contributed by atoms with E-state index in [0.29, 0.717) is 6.04 Å². The predicted octanol–water partition coefficient (Wildman–Crippen LogP) is 3.55. The van der Waals surface area contributed by atoms with Gasteiger partial charge in [0.2, 0.25) is 0 Å². The standard InChI is InChI=1S/C17H30N2O/c1-14(2)10-11-15(3)18-12-13-19(4)16-8-6-7-9-17(16)20-5/h6-9,14-15,18H,10-13H2,1-5H3. The van der Waals surface area contributed by atoms with Gasteiger partial charge in [-0.3, -0.25) is 0 Å². The molecule has 1 atom stereocenters. The topological polar surface area (TPSA) is 24.5 Å². The van der Waals surface area contributed by atoms with Gasteiger partial charge in [0.1, 0.15) is 5.75 Å². The summed E-state index contributed by atoms with van der Waals surface area (Å²) in [4.78, 5) is 2.24. The minimum Gasteiger partial charge on any atom is -0.495 e. The van der Waals surface area contributed by atoms with Crippen LogP contribution in [0.3, 0.4) is 0 Å². The van der Waals surface area contributed by atoms with Crippen molar-refractivity contribution in [3.63, 3.8) is 0 Å². The van der Waals surface area contributed by atoms with Crippen LogP contribution in [0.4, 0.5) is 5.69 Å². The lowest BCUT2D eigenvalue weighted by Gasteiger charge is -2.23. The third kappa shape index (κ3) is 5.83. The Balaban J connectivity index is 2.34. The number of ether oxygens (including phenoxy) is 1. The van der Waals surface area contributed by atoms with Gasteiger partial charge in [0, 0.05) is 26.2 Å². The first-order valence-electron chi connectivity index (χ1n) is 7.62. The molecule has 3 nitrogen and oxygen atoms in total. The average molecular weight is 278 g/mol. The molecular weight excluding hydrogens is 248 g/mol. The number of benzene rings is 1. The van der Waals surface area contributed by atoms with E-state index in [4.69, 9.17) is 4.74 Å². The molecule has 0 fully saturated rings. The van der Waals surface area contributed by atoms with E-state index in [1.165, 1.54) is 12.8 Å². The molecule has 0 aliphatic carbocycles. The van der Waals surface area contributed by atoms with E-state index in [1.54, 1.807) is 7.11 Å². The second-order valence-corrected chi connectivity index (χ2v) is 5.92. The molecule has 0 bridgehead atoms. The smallest absolute Gasteiger partial charge is 0.142 e. The van der Waals surface area contributed by atoms with E-state index in [2.05, 4.69) is 44.1 Å². The minimum absolute atomic E-state index is 0.587. The lowest BCUT2D eigenvalue weighted by molar-refractivity contribution is 0.414. The average Bonchev–Trinajstić information content (AvgIpc) is 2.44. The molecule has 3 heteroatoms. The van der Waals surface area contributed by atoms with Crippen LogP contribution in [0.15, 0.2) is 24.3 Å². The number of hydrogen-bond acceptors (Lipinski definition) is 3. The molecule has 0 aliphatic heterocycles. The summed E-state index contributed by atoms with van der Waals surface area (Å²) in [7, 11) is 3.83. The van der Waals surface area contributed by atoms with Crippen molar-refractivity contribution in [2.24, 2.45) is 5.92 Å². The van der Waals surface area contributed by atoms with Crippen molar-refractivity contribution >= 4 is 5.69 Å². The van der Waals surface area contributed by atoms with Gasteiger partial charge >= 0.3 is 0 Å². The van der Waals surface area contributed by atoms with Crippen LogP contribution in [0.2, 0.25) is 0 Å². The Morgan fingerprint density at radius 3 is 2.50 bits per heavy atom. The zero-order valence-electron chi connectivity index (χ0n) is 13.6. The SMILES string of the molecule is COc1ccccc1N(C)CCNC(C)CCC(C)C. The van der Waals surface area contributed by atoms with Gasteiger partial charge < -0.3 is 15.0 Å². The van der Waals surface area contributed by atoms with E-state index in [1.807, 2.05) is 18.2 Å². The third-order valence-electron chi connectivity index (χ3n) is 3.61. The normalized spacial score (nSPS) is 12.5. The first-order chi connectivity index (χ1) is 9.54. The molecule has 1 aromatic rings. The Morgan fingerprint density at radius 2 is 1.85 bits per heavy atom. The molecule has 0 aromatic heterocycles. The van der Waals surface area contributed by atoms with E-state index in [9.17, 15) is 0 Å². The van der Waals surface area contributed by atoms with Gasteiger partial charge in [-0.25, -0.2) is 0 Å². The Labute approximate surface area is 124 Å². The van der Waals surface area contributed by atoms with Gasteiger partial charge in [0.05, 0.1) is 12.8 Å². The van der Waals surface area contributed by atoms with Crippen molar-refractivity contribution in [1.82, 2.24) is 5.32 Å². The van der Waals surface area contributed by atoms with Crippen molar-refractivity contribution in [3.05, 3.63) is 24.3 Å². The Bertz CT molecular complexity index is 379. The second-order valence-electron chi connectivity index (χ2n) is 5.92. The molecular formula is C17H30N2O. The summed E-state index contributed by atoms with van der Waals surface area (Å²) >= 11 is 0. The van der Waals surface area contributed by atoms with Gasteiger partial charge in [-0.2, -0.15) is 0 Å². The lowest BCUT2D eigenvalue weighted by Crippen LogP contribution is -2.34. The highest BCUT2D eigenvalue weighted by molar-refractivity contribution is 5.57. The van der Waals surface area contributed by atoms with Crippen LogP contribution in [0.1, 0.15) is 33.6 Å². The van der Waals surface area contributed by atoms with Crippen molar-refractivity contribution in [1.29, 1.82) is 0 Å². The molecule has 0 spiro atoms. The first-order valence-corrected chi connectivity index (χ1v) is 7.62. The predicted molar refractivity (Wildman–Crippen MR) is 87.8 cm³/mol. The number of rotatable bonds is 9. The third-order valence-corrected chi connectivity index (χ3v) is 3.61. The number of likely N-dealkylation sites (N-methyl/N-ethyl adjacent to an activating group) is 1. The molecule has 0 amide bonds. The zero-order chi connectivity index (χ0) is 15.0. The summed E-state index contributed by atoms with van der Waals surface area (Å²) in [6.45, 7) is 8.80. The van der Waals surface area contributed by atoms with Crippen molar-refractivity contribution in [2.45, 2.75) is 39.7 Å². The number of nitrogens with zero attached hydrogens (tertiary/aromatic N) is 1. The van der Waals surface area contributed by atoms with Crippen LogP contribution in [-0.4, -0.2) is 33.3 Å². The van der Waals surface area contributed by atoms with Crippen LogP contribution in [0, 0.1) is 5.92 Å². The summed E-state index contributed by atoms with van der Waals surface area (Å²) in [6, 6.07) is 8.74. The molecule has 0 aliphatic rings. The summed E-state index contributed by atoms with van der Waals surface area (Å²) in [5.74, 6) is 1.72. The van der Waals surface area contributed by atoms with Gasteiger partial charge in [-0.05, 0) is 37.8 Å². The summed E-state index contributed by atoms with van der Waals surface area (Å²) in [6.07, 6.45) is 2.53. The molecule has 0 saturated heterocycles. The van der Waals surface area contributed by atoms with Crippen LogP contribution >= 0.6 is 0 Å². The van der Waals surface area contributed by atoms with E-state index in [0.717, 1.165) is 30.4 Å². The maximum absolute atomic E-state index is 5.40. The van der Waals surface area contributed by atoms with Gasteiger partial charge in [0.25, 0.3) is 0 Å². The Kier molecular flexibility index (Phi) is 7.45. The fourth-order valence-electron chi connectivity index (χ4n) is 2.23. The van der Waals surface area contributed by atoms with Gasteiger partial charge in [-0.1, -0.05) is 26.0 Å². The van der Waals surface area contributed by atoms with Gasteiger partial charge in [0.15, 0.2) is 0 Å². The fourth-order valence-corrected chi connectivity index (χ4v) is 2.23. The summed E-state index contributed by atoms with van der Waals surface area (Å²) in [5.41, 5.74) is 1.15. The van der Waals surface area contributed by atoms with E-state index < -0.39 is 0 Å². The van der Waals surface area contributed by atoms with Crippen LogP contribution < -0.4 is 15.0 Å². The lowest BCUT2D eigenvalue weighted by atomic mass is 10.0. The highest BCUT2D eigenvalue weighted by atomic mass is 16.5. The molecule has 20 heavy (non-hydrogen) atoms. The maximum Gasteiger partial charge on any atom is 0.142 e. The van der Waals surface area contributed by atoms with Crippen LogP contribution in [0.25, 0.3) is 0 Å². The number of anilines is 1. The number of para-hydroxylation sites is 2. The molecule has 0 heterocycles. The minimum atomic E-state index is 0.587. The highest BCUT2D eigenvalue weighted by Gasteiger charge is 2.08. The fraction of sp³-hybridized carbons (Fsp3) is 0.647. The van der Waals surface area contributed by atoms with Crippen molar-refractivity contribution in [3.8, 4) is 5.75 Å². The Morgan fingerprint density at radius 1 is 1.15 bits per heavy atom. The quantitative estimate of drug-likeness (QED) is 0.747. The highest BCUT2D eigenvalue weighted by Crippen LogP contribution is 2.26. The molecule has 1 unspecified atom stereocenters. The molecule has 1 N–H and O–H groups in total. The van der Waals surface area contributed by atoms with Crippen molar-refractivity contribution in [2.75, 3.05) is 32.1 Å². The Hall–Kier alpha value is -1.22. The monoisotopic (exact) mass is 278 g/mol. The zero-order valence-corrected chi connectivity index (χ0v) is 13.6. The molecule has 0 saturated carbocycles. The van der Waals surface area contributed by atoms with E-state index in [-0.39, 0.29) is 0 Å². The van der Waals surface area contributed by atoms with E-state index >= 15 is 0 Å². The second kappa shape index (κ2) is 8.85.